The molecule has 2 aliphatic rings. The molecular weight excluding hydrogens is 190 g/mol. The number of thiol groups is 1. The highest BCUT2D eigenvalue weighted by atomic mass is 32.1. The summed E-state index contributed by atoms with van der Waals surface area (Å²) >= 11 is 4.69. The quantitative estimate of drug-likeness (QED) is 0.672. The lowest BCUT2D eigenvalue weighted by Crippen LogP contribution is -2.45. The molecule has 2 atom stereocenters. The lowest BCUT2D eigenvalue weighted by atomic mass is 9.90. The van der Waals surface area contributed by atoms with Gasteiger partial charge < -0.3 is 5.32 Å². The van der Waals surface area contributed by atoms with Gasteiger partial charge in [0, 0.05) is 17.3 Å². The summed E-state index contributed by atoms with van der Waals surface area (Å²) in [4.78, 5) is 0. The summed E-state index contributed by atoms with van der Waals surface area (Å²) in [5.41, 5.74) is 0. The summed E-state index contributed by atoms with van der Waals surface area (Å²) < 4.78 is 0. The van der Waals surface area contributed by atoms with Crippen LogP contribution in [0.25, 0.3) is 0 Å². The Morgan fingerprint density at radius 3 is 2.14 bits per heavy atom. The Balaban J connectivity index is 1.76. The van der Waals surface area contributed by atoms with Gasteiger partial charge in [0.15, 0.2) is 0 Å². The molecule has 2 saturated carbocycles. The first-order valence-corrected chi connectivity index (χ1v) is 6.82. The van der Waals surface area contributed by atoms with Crippen LogP contribution in [0.4, 0.5) is 0 Å². The maximum atomic E-state index is 4.69. The molecule has 2 unspecified atom stereocenters. The molecule has 82 valence electrons. The van der Waals surface area contributed by atoms with E-state index < -0.39 is 0 Å². The van der Waals surface area contributed by atoms with E-state index in [2.05, 4.69) is 5.32 Å². The summed E-state index contributed by atoms with van der Waals surface area (Å²) in [6, 6.07) is 1.51. The molecule has 0 radical (unpaired) electrons. The maximum Gasteiger partial charge on any atom is 0.0186 e. The van der Waals surface area contributed by atoms with Gasteiger partial charge in [-0.25, -0.2) is 0 Å². The normalized spacial score (nSPS) is 35.8. The minimum Gasteiger partial charge on any atom is -0.310 e. The van der Waals surface area contributed by atoms with Crippen molar-refractivity contribution in [2.45, 2.75) is 75.1 Å². The van der Waals surface area contributed by atoms with Crippen molar-refractivity contribution >= 4 is 12.6 Å². The summed E-state index contributed by atoms with van der Waals surface area (Å²) in [5, 5.41) is 4.45. The Hall–Kier alpha value is 0.310. The zero-order valence-corrected chi connectivity index (χ0v) is 9.94. The molecular formula is C12H23NS. The Bertz CT molecular complexity index is 166. The Morgan fingerprint density at radius 2 is 1.43 bits per heavy atom. The van der Waals surface area contributed by atoms with Crippen molar-refractivity contribution in [1.29, 1.82) is 0 Å². The molecule has 0 saturated heterocycles. The molecule has 0 amide bonds. The minimum atomic E-state index is 0.616. The largest absolute Gasteiger partial charge is 0.310 e. The van der Waals surface area contributed by atoms with Crippen LogP contribution in [-0.4, -0.2) is 17.3 Å². The third kappa shape index (κ3) is 2.90. The van der Waals surface area contributed by atoms with E-state index in [0.717, 1.165) is 6.04 Å². The van der Waals surface area contributed by atoms with Gasteiger partial charge in [-0.05, 0) is 25.7 Å². The second-order valence-electron chi connectivity index (χ2n) is 4.96. The Kier molecular flexibility index (Phi) is 4.18. The van der Waals surface area contributed by atoms with Crippen molar-refractivity contribution in [1.82, 2.24) is 5.32 Å². The van der Waals surface area contributed by atoms with E-state index in [1.807, 2.05) is 0 Å². The van der Waals surface area contributed by atoms with E-state index in [4.69, 9.17) is 12.6 Å². The molecule has 0 spiro atoms. The van der Waals surface area contributed by atoms with Gasteiger partial charge in [-0.1, -0.05) is 32.1 Å². The molecule has 2 heteroatoms. The number of hydrogen-bond donors (Lipinski definition) is 2. The average molecular weight is 213 g/mol. The molecule has 2 rings (SSSR count). The average Bonchev–Trinajstić information content (AvgIpc) is 2.23. The molecule has 0 aliphatic heterocycles. The molecule has 2 aliphatic carbocycles. The van der Waals surface area contributed by atoms with Crippen LogP contribution in [0.2, 0.25) is 0 Å². The second kappa shape index (κ2) is 5.41. The minimum absolute atomic E-state index is 0.616. The zero-order valence-electron chi connectivity index (χ0n) is 9.04. The van der Waals surface area contributed by atoms with Crippen molar-refractivity contribution < 1.29 is 0 Å². The van der Waals surface area contributed by atoms with Crippen LogP contribution >= 0.6 is 12.6 Å². The van der Waals surface area contributed by atoms with Gasteiger partial charge in [0.25, 0.3) is 0 Å². The van der Waals surface area contributed by atoms with Crippen LogP contribution < -0.4 is 5.32 Å². The maximum absolute atomic E-state index is 4.69. The summed E-state index contributed by atoms with van der Waals surface area (Å²) in [6.45, 7) is 0. The molecule has 0 aromatic rings. The van der Waals surface area contributed by atoms with E-state index in [1.165, 1.54) is 57.8 Å². The van der Waals surface area contributed by atoms with Crippen molar-refractivity contribution in [3.8, 4) is 0 Å². The van der Waals surface area contributed by atoms with E-state index in [-0.39, 0.29) is 0 Å². The topological polar surface area (TPSA) is 12.0 Å². The fraction of sp³-hybridized carbons (Fsp3) is 1.00. The number of rotatable bonds is 2. The summed E-state index contributed by atoms with van der Waals surface area (Å²) in [6.07, 6.45) is 12.6. The van der Waals surface area contributed by atoms with E-state index in [0.29, 0.717) is 11.3 Å². The first-order valence-electron chi connectivity index (χ1n) is 6.30. The second-order valence-corrected chi connectivity index (χ2v) is 5.62. The van der Waals surface area contributed by atoms with Gasteiger partial charge in [0.05, 0.1) is 0 Å². The van der Waals surface area contributed by atoms with Crippen molar-refractivity contribution in [3.05, 3.63) is 0 Å². The standard InChI is InChI=1S/C12H23NS/c14-12-9-5-4-8-11(12)13-10-6-2-1-3-7-10/h10-14H,1-9H2. The van der Waals surface area contributed by atoms with Crippen LogP contribution in [0.3, 0.4) is 0 Å². The lowest BCUT2D eigenvalue weighted by Gasteiger charge is -2.34. The van der Waals surface area contributed by atoms with Crippen LogP contribution in [0.5, 0.6) is 0 Å². The zero-order chi connectivity index (χ0) is 9.80. The summed E-state index contributed by atoms with van der Waals surface area (Å²) in [7, 11) is 0. The first kappa shape index (κ1) is 10.8. The van der Waals surface area contributed by atoms with Gasteiger partial charge in [-0.3, -0.25) is 0 Å². The lowest BCUT2D eigenvalue weighted by molar-refractivity contribution is 0.297. The van der Waals surface area contributed by atoms with E-state index >= 15 is 0 Å². The van der Waals surface area contributed by atoms with Gasteiger partial charge in [-0.15, -0.1) is 0 Å². The van der Waals surface area contributed by atoms with Crippen LogP contribution in [0, 0.1) is 0 Å². The number of nitrogens with one attached hydrogen (secondary N) is 1. The molecule has 1 N–H and O–H groups in total. The van der Waals surface area contributed by atoms with Gasteiger partial charge in [-0.2, -0.15) is 12.6 Å². The molecule has 0 aromatic heterocycles. The van der Waals surface area contributed by atoms with Crippen LogP contribution in [0.15, 0.2) is 0 Å². The molecule has 0 heterocycles. The molecule has 2 fully saturated rings. The van der Waals surface area contributed by atoms with Crippen LogP contribution in [0.1, 0.15) is 57.8 Å². The highest BCUT2D eigenvalue weighted by Gasteiger charge is 2.24. The van der Waals surface area contributed by atoms with Crippen molar-refractivity contribution in [3.63, 3.8) is 0 Å². The highest BCUT2D eigenvalue weighted by Crippen LogP contribution is 2.25. The fourth-order valence-corrected chi connectivity index (χ4v) is 3.30. The third-order valence-corrected chi connectivity index (χ3v) is 4.40. The third-order valence-electron chi connectivity index (χ3n) is 3.78. The molecule has 0 bridgehead atoms. The molecule has 1 nitrogen and oxygen atoms in total. The first-order chi connectivity index (χ1) is 6.86. The monoisotopic (exact) mass is 213 g/mol. The van der Waals surface area contributed by atoms with Crippen molar-refractivity contribution in [2.24, 2.45) is 0 Å². The predicted octanol–water partition coefficient (Wildman–Crippen LogP) is 3.15. The van der Waals surface area contributed by atoms with E-state index in [9.17, 15) is 0 Å². The SMILES string of the molecule is SC1CCCCC1NC1CCCCC1. The Labute approximate surface area is 93.4 Å². The molecule has 14 heavy (non-hydrogen) atoms. The van der Waals surface area contributed by atoms with Crippen molar-refractivity contribution in [2.75, 3.05) is 0 Å². The Morgan fingerprint density at radius 1 is 0.786 bits per heavy atom. The fourth-order valence-electron chi connectivity index (χ4n) is 2.88. The van der Waals surface area contributed by atoms with Crippen LogP contribution in [-0.2, 0) is 0 Å². The van der Waals surface area contributed by atoms with Gasteiger partial charge in [0.1, 0.15) is 0 Å². The predicted molar refractivity (Wildman–Crippen MR) is 65.0 cm³/mol. The summed E-state index contributed by atoms with van der Waals surface area (Å²) in [5.74, 6) is 0. The molecule has 0 aromatic carbocycles. The number of hydrogen-bond acceptors (Lipinski definition) is 2. The highest BCUT2D eigenvalue weighted by molar-refractivity contribution is 7.81. The van der Waals surface area contributed by atoms with Gasteiger partial charge >= 0.3 is 0 Å². The van der Waals surface area contributed by atoms with Gasteiger partial charge in [0.2, 0.25) is 0 Å². The van der Waals surface area contributed by atoms with E-state index in [1.54, 1.807) is 0 Å². The smallest absolute Gasteiger partial charge is 0.0186 e.